The molecular weight excluding hydrogens is 338 g/mol. The molecule has 0 N–H and O–H groups in total. The summed E-state index contributed by atoms with van der Waals surface area (Å²) in [6, 6.07) is 2.78. The normalized spacial score (nSPS) is 29.2. The van der Waals surface area contributed by atoms with Crippen molar-refractivity contribution in [3.05, 3.63) is 36.4 Å². The first-order valence-electron chi connectivity index (χ1n) is 9.51. The molecule has 0 aromatic heterocycles. The van der Waals surface area contributed by atoms with E-state index in [1.807, 2.05) is 0 Å². The van der Waals surface area contributed by atoms with Crippen LogP contribution >= 0.6 is 0 Å². The smallest absolute Gasteiger partial charge is 0.204 e. The minimum atomic E-state index is -1.01. The number of hydrogen-bond donors (Lipinski definition) is 0. The third-order valence-corrected chi connectivity index (χ3v) is 5.79. The first-order valence-corrected chi connectivity index (χ1v) is 9.51. The highest BCUT2D eigenvalue weighted by atomic mass is 19.2. The highest BCUT2D eigenvalue weighted by molar-refractivity contribution is 5.34. The lowest BCUT2D eigenvalue weighted by atomic mass is 9.77. The summed E-state index contributed by atoms with van der Waals surface area (Å²) < 4.78 is 44.0. The topological polar surface area (TPSA) is 27.7 Å². The van der Waals surface area contributed by atoms with E-state index in [0.29, 0.717) is 31.2 Å². The Morgan fingerprint density at radius 1 is 1.08 bits per heavy atom. The fourth-order valence-corrected chi connectivity index (χ4v) is 4.07. The Morgan fingerprint density at radius 3 is 2.38 bits per heavy atom. The minimum absolute atomic E-state index is 0.0758. The van der Waals surface area contributed by atoms with Crippen LogP contribution in [0.4, 0.5) is 8.78 Å². The van der Waals surface area contributed by atoms with Crippen LogP contribution in [0.5, 0.6) is 11.5 Å². The van der Waals surface area contributed by atoms with Crippen LogP contribution in [0.1, 0.15) is 38.5 Å². The largest absolute Gasteiger partial charge is 0.494 e. The molecule has 3 nitrogen and oxygen atoms in total. The van der Waals surface area contributed by atoms with E-state index < -0.39 is 11.6 Å². The van der Waals surface area contributed by atoms with Gasteiger partial charge in [-0.15, -0.1) is 6.58 Å². The number of benzene rings is 1. The number of hydrogen-bond acceptors (Lipinski definition) is 3. The maximum atomic E-state index is 14.0. The van der Waals surface area contributed by atoms with Crippen molar-refractivity contribution in [2.75, 3.05) is 20.3 Å². The molecule has 0 amide bonds. The van der Waals surface area contributed by atoms with E-state index in [0.717, 1.165) is 12.8 Å². The molecule has 2 fully saturated rings. The van der Waals surface area contributed by atoms with Gasteiger partial charge in [-0.1, -0.05) is 6.08 Å². The van der Waals surface area contributed by atoms with Crippen molar-refractivity contribution in [2.45, 2.75) is 44.6 Å². The Bertz CT molecular complexity index is 604. The summed E-state index contributed by atoms with van der Waals surface area (Å²) >= 11 is 0. The van der Waals surface area contributed by atoms with E-state index in [4.69, 9.17) is 14.2 Å². The summed E-state index contributed by atoms with van der Waals surface area (Å²) in [5, 5.41) is 0. The molecule has 26 heavy (non-hydrogen) atoms. The summed E-state index contributed by atoms with van der Waals surface area (Å²) in [5.41, 5.74) is 0. The zero-order chi connectivity index (χ0) is 18.5. The fourth-order valence-electron chi connectivity index (χ4n) is 4.07. The Labute approximate surface area is 154 Å². The van der Waals surface area contributed by atoms with Gasteiger partial charge in [0.1, 0.15) is 0 Å². The van der Waals surface area contributed by atoms with E-state index in [1.165, 1.54) is 44.9 Å². The molecule has 1 heterocycles. The van der Waals surface area contributed by atoms with Gasteiger partial charge in [0.15, 0.2) is 11.5 Å². The number of halogens is 2. The van der Waals surface area contributed by atoms with Gasteiger partial charge in [0.05, 0.1) is 26.4 Å². The van der Waals surface area contributed by atoms with E-state index in [2.05, 4.69) is 12.7 Å². The van der Waals surface area contributed by atoms with Crippen molar-refractivity contribution < 1.29 is 23.0 Å². The highest BCUT2D eigenvalue weighted by Gasteiger charge is 2.31. The molecule has 1 saturated carbocycles. The Balaban J connectivity index is 1.45. The Kier molecular flexibility index (Phi) is 6.52. The first-order chi connectivity index (χ1) is 12.6. The number of allylic oxidation sites excluding steroid dienone is 1. The predicted molar refractivity (Wildman–Crippen MR) is 96.5 cm³/mol. The SMILES string of the molecule is C=CC1CCC(C2CCC(COc3ccc(OC)c(F)c3F)CO2)CC1. The fraction of sp³-hybridized carbons (Fsp3) is 0.619. The van der Waals surface area contributed by atoms with Gasteiger partial charge in [-0.3, -0.25) is 0 Å². The number of methoxy groups -OCH3 is 1. The van der Waals surface area contributed by atoms with Gasteiger partial charge < -0.3 is 14.2 Å². The average Bonchev–Trinajstić information content (AvgIpc) is 2.70. The molecule has 144 valence electrons. The molecule has 2 aliphatic rings. The maximum Gasteiger partial charge on any atom is 0.204 e. The average molecular weight is 366 g/mol. The van der Waals surface area contributed by atoms with E-state index in [-0.39, 0.29) is 17.4 Å². The second-order valence-electron chi connectivity index (χ2n) is 7.43. The predicted octanol–water partition coefficient (Wildman–Crippen LogP) is 5.14. The van der Waals surface area contributed by atoms with Crippen molar-refractivity contribution >= 4 is 0 Å². The van der Waals surface area contributed by atoms with E-state index >= 15 is 0 Å². The molecule has 1 aromatic rings. The van der Waals surface area contributed by atoms with Gasteiger partial charge >= 0.3 is 0 Å². The molecule has 0 spiro atoms. The third-order valence-electron chi connectivity index (χ3n) is 5.79. The van der Waals surface area contributed by atoms with Crippen molar-refractivity contribution in [2.24, 2.45) is 17.8 Å². The van der Waals surface area contributed by atoms with Crippen molar-refractivity contribution in [1.29, 1.82) is 0 Å². The van der Waals surface area contributed by atoms with Crippen LogP contribution in [0.3, 0.4) is 0 Å². The summed E-state index contributed by atoms with van der Waals surface area (Å²) in [5.74, 6) is -0.701. The van der Waals surface area contributed by atoms with Crippen LogP contribution in [0.2, 0.25) is 0 Å². The van der Waals surface area contributed by atoms with Crippen LogP contribution in [0.15, 0.2) is 24.8 Å². The van der Waals surface area contributed by atoms with Crippen LogP contribution in [0, 0.1) is 29.4 Å². The van der Waals surface area contributed by atoms with Gasteiger partial charge in [-0.25, -0.2) is 0 Å². The molecule has 2 unspecified atom stereocenters. The van der Waals surface area contributed by atoms with Crippen LogP contribution in [-0.4, -0.2) is 26.4 Å². The van der Waals surface area contributed by atoms with Crippen LogP contribution < -0.4 is 9.47 Å². The highest BCUT2D eigenvalue weighted by Crippen LogP contribution is 2.36. The standard InChI is InChI=1S/C21H28F2O3/c1-3-14-4-7-16(8-5-14)17-9-6-15(12-25-17)13-26-19-11-10-18(24-2)20(22)21(19)23/h3,10-11,14-17H,1,4-9,12-13H2,2H3. The zero-order valence-corrected chi connectivity index (χ0v) is 15.4. The first kappa shape index (κ1) is 19.2. The summed E-state index contributed by atoms with van der Waals surface area (Å²) in [6.07, 6.45) is 9.24. The molecule has 3 rings (SSSR count). The maximum absolute atomic E-state index is 14.0. The summed E-state index contributed by atoms with van der Waals surface area (Å²) in [4.78, 5) is 0. The number of rotatable bonds is 6. The number of ether oxygens (including phenoxy) is 3. The monoisotopic (exact) mass is 366 g/mol. The molecule has 2 atom stereocenters. The van der Waals surface area contributed by atoms with Gasteiger partial charge in [0.2, 0.25) is 11.6 Å². The summed E-state index contributed by atoms with van der Waals surface area (Å²) in [6.45, 7) is 4.85. The van der Waals surface area contributed by atoms with Crippen molar-refractivity contribution in [3.63, 3.8) is 0 Å². The van der Waals surface area contributed by atoms with Crippen molar-refractivity contribution in [1.82, 2.24) is 0 Å². The Morgan fingerprint density at radius 2 is 1.77 bits per heavy atom. The lowest BCUT2D eigenvalue weighted by Gasteiger charge is -2.37. The summed E-state index contributed by atoms with van der Waals surface area (Å²) in [7, 11) is 1.30. The Hall–Kier alpha value is -1.62. The quantitative estimate of drug-likeness (QED) is 0.653. The lowest BCUT2D eigenvalue weighted by molar-refractivity contribution is -0.0643. The third kappa shape index (κ3) is 4.37. The van der Waals surface area contributed by atoms with Gasteiger partial charge in [-0.2, -0.15) is 8.78 Å². The molecule has 1 aliphatic heterocycles. The second-order valence-corrected chi connectivity index (χ2v) is 7.43. The minimum Gasteiger partial charge on any atom is -0.494 e. The van der Waals surface area contributed by atoms with Crippen LogP contribution in [0.25, 0.3) is 0 Å². The van der Waals surface area contributed by atoms with Crippen molar-refractivity contribution in [3.8, 4) is 11.5 Å². The molecule has 5 heteroatoms. The lowest BCUT2D eigenvalue weighted by Crippen LogP contribution is -2.35. The van der Waals surface area contributed by atoms with E-state index in [9.17, 15) is 8.78 Å². The van der Waals surface area contributed by atoms with Gasteiger partial charge in [0, 0.05) is 5.92 Å². The zero-order valence-electron chi connectivity index (χ0n) is 15.4. The molecule has 1 aromatic carbocycles. The van der Waals surface area contributed by atoms with Gasteiger partial charge in [0.25, 0.3) is 0 Å². The van der Waals surface area contributed by atoms with Gasteiger partial charge in [-0.05, 0) is 62.5 Å². The molecule has 1 aliphatic carbocycles. The van der Waals surface area contributed by atoms with Crippen LogP contribution in [-0.2, 0) is 4.74 Å². The van der Waals surface area contributed by atoms with E-state index in [1.54, 1.807) is 0 Å². The molecule has 0 bridgehead atoms. The molecule has 0 radical (unpaired) electrons. The molecular formula is C21H28F2O3. The molecule has 1 saturated heterocycles. The second kappa shape index (κ2) is 8.85.